The number of nitrogens with zero attached hydrogens (tertiary/aromatic N) is 1. The smallest absolute Gasteiger partial charge is 0.142 e. The van der Waals surface area contributed by atoms with Gasteiger partial charge >= 0.3 is 0 Å². The number of nitrogens with one attached hydrogen (secondary N) is 1. The van der Waals surface area contributed by atoms with Crippen LogP contribution in [0.1, 0.15) is 47.5 Å². The average molecular weight is 304 g/mol. The van der Waals surface area contributed by atoms with Gasteiger partial charge in [-0.05, 0) is 51.8 Å². The Morgan fingerprint density at radius 2 is 2.05 bits per heavy atom. The number of hydrogen-bond donors (Lipinski definition) is 1. The van der Waals surface area contributed by atoms with E-state index in [0.29, 0.717) is 0 Å². The molecular weight excluding hydrogens is 280 g/mol. The lowest BCUT2D eigenvalue weighted by Crippen LogP contribution is -2.10. The molecule has 2 aromatic rings. The van der Waals surface area contributed by atoms with E-state index < -0.39 is 0 Å². The molecule has 0 saturated carbocycles. The number of hydrogen-bond acceptors (Lipinski definition) is 4. The molecule has 0 amide bonds. The molecule has 0 aliphatic rings. The van der Waals surface area contributed by atoms with Crippen LogP contribution in [-0.4, -0.2) is 11.6 Å². The molecular formula is C17H24N2OS. The first kappa shape index (κ1) is 15.8. The van der Waals surface area contributed by atoms with Crippen LogP contribution >= 0.6 is 11.3 Å². The highest BCUT2D eigenvalue weighted by Crippen LogP contribution is 2.31. The van der Waals surface area contributed by atoms with Gasteiger partial charge in [-0.25, -0.2) is 4.98 Å². The molecule has 0 spiro atoms. The van der Waals surface area contributed by atoms with E-state index >= 15 is 0 Å². The van der Waals surface area contributed by atoms with E-state index in [2.05, 4.69) is 63.1 Å². The lowest BCUT2D eigenvalue weighted by atomic mass is 10.1. The molecule has 114 valence electrons. The van der Waals surface area contributed by atoms with Crippen LogP contribution in [-0.2, 0) is 0 Å². The second-order valence-corrected chi connectivity index (χ2v) is 6.80. The van der Waals surface area contributed by atoms with E-state index in [0.717, 1.165) is 35.2 Å². The van der Waals surface area contributed by atoms with Gasteiger partial charge < -0.3 is 10.1 Å². The minimum atomic E-state index is 0.168. The highest BCUT2D eigenvalue weighted by molar-refractivity contribution is 7.11. The maximum Gasteiger partial charge on any atom is 0.142 e. The zero-order chi connectivity index (χ0) is 15.4. The van der Waals surface area contributed by atoms with Crippen LogP contribution < -0.4 is 10.1 Å². The zero-order valence-corrected chi connectivity index (χ0v) is 14.3. The van der Waals surface area contributed by atoms with Crippen molar-refractivity contribution < 1.29 is 4.74 Å². The first-order valence-electron chi connectivity index (χ1n) is 7.45. The minimum absolute atomic E-state index is 0.168. The van der Waals surface area contributed by atoms with Crippen molar-refractivity contribution in [2.24, 2.45) is 0 Å². The zero-order valence-electron chi connectivity index (χ0n) is 13.5. The van der Waals surface area contributed by atoms with Crippen LogP contribution in [0.5, 0.6) is 5.75 Å². The summed E-state index contributed by atoms with van der Waals surface area (Å²) in [5.74, 6) is 0.924. The fourth-order valence-corrected chi connectivity index (χ4v) is 3.24. The van der Waals surface area contributed by atoms with Crippen LogP contribution in [0.2, 0.25) is 0 Å². The Labute approximate surface area is 131 Å². The number of thiazole rings is 1. The van der Waals surface area contributed by atoms with Gasteiger partial charge in [0.25, 0.3) is 0 Å². The van der Waals surface area contributed by atoms with Crippen molar-refractivity contribution in [2.45, 2.75) is 47.1 Å². The highest BCUT2D eigenvalue weighted by atomic mass is 32.1. The number of benzene rings is 1. The summed E-state index contributed by atoms with van der Waals surface area (Å²) in [6.45, 7) is 11.3. The monoisotopic (exact) mass is 304 g/mol. The van der Waals surface area contributed by atoms with Crippen LogP contribution in [0.15, 0.2) is 18.2 Å². The summed E-state index contributed by atoms with van der Waals surface area (Å²) in [6.07, 6.45) is 1.01. The van der Waals surface area contributed by atoms with Gasteiger partial charge in [0.05, 0.1) is 29.0 Å². The Morgan fingerprint density at radius 3 is 2.67 bits per heavy atom. The quantitative estimate of drug-likeness (QED) is 0.812. The van der Waals surface area contributed by atoms with Crippen LogP contribution in [0.25, 0.3) is 0 Å². The molecule has 0 saturated heterocycles. The maximum absolute atomic E-state index is 5.86. The summed E-state index contributed by atoms with van der Waals surface area (Å²) in [5.41, 5.74) is 3.37. The van der Waals surface area contributed by atoms with Crippen molar-refractivity contribution in [1.82, 2.24) is 4.98 Å². The molecule has 3 nitrogen and oxygen atoms in total. The van der Waals surface area contributed by atoms with Gasteiger partial charge in [0.15, 0.2) is 0 Å². The van der Waals surface area contributed by atoms with E-state index in [1.807, 2.05) is 0 Å². The fourth-order valence-electron chi connectivity index (χ4n) is 2.33. The van der Waals surface area contributed by atoms with Crippen molar-refractivity contribution in [2.75, 3.05) is 11.9 Å². The fraction of sp³-hybridized carbons (Fsp3) is 0.471. The summed E-state index contributed by atoms with van der Waals surface area (Å²) in [4.78, 5) is 5.90. The van der Waals surface area contributed by atoms with E-state index in [-0.39, 0.29) is 6.04 Å². The molecule has 0 aliphatic carbocycles. The molecule has 21 heavy (non-hydrogen) atoms. The predicted octanol–water partition coefficient (Wildman–Crippen LogP) is 5.03. The first-order chi connectivity index (χ1) is 10.0. The van der Waals surface area contributed by atoms with Gasteiger partial charge in [0.2, 0.25) is 0 Å². The molecule has 1 unspecified atom stereocenters. The Balaban J connectivity index is 2.20. The lowest BCUT2D eigenvalue weighted by molar-refractivity contribution is 0.318. The van der Waals surface area contributed by atoms with E-state index in [4.69, 9.17) is 4.74 Å². The molecule has 0 bridgehead atoms. The topological polar surface area (TPSA) is 34.1 Å². The third kappa shape index (κ3) is 3.97. The van der Waals surface area contributed by atoms with E-state index in [1.54, 1.807) is 11.3 Å². The number of ether oxygens (including phenoxy) is 1. The molecule has 1 atom stereocenters. The van der Waals surface area contributed by atoms with Gasteiger partial charge in [-0.15, -0.1) is 11.3 Å². The standard InChI is InChI=1S/C17H24N2OS/c1-6-9-20-16-10-11(2)7-8-15(16)18-12(3)17-13(4)21-14(5)19-17/h7-8,10,12,18H,6,9H2,1-5H3. The maximum atomic E-state index is 5.86. The summed E-state index contributed by atoms with van der Waals surface area (Å²) in [6, 6.07) is 6.45. The number of rotatable bonds is 6. The average Bonchev–Trinajstić information content (AvgIpc) is 2.78. The van der Waals surface area contributed by atoms with Crippen LogP contribution in [0, 0.1) is 20.8 Å². The molecule has 1 heterocycles. The van der Waals surface area contributed by atoms with Gasteiger partial charge in [-0.2, -0.15) is 0 Å². The van der Waals surface area contributed by atoms with Gasteiger partial charge in [0.1, 0.15) is 5.75 Å². The van der Waals surface area contributed by atoms with Gasteiger partial charge in [-0.3, -0.25) is 0 Å². The number of aromatic nitrogens is 1. The summed E-state index contributed by atoms with van der Waals surface area (Å²) in [5, 5.41) is 4.65. The normalized spacial score (nSPS) is 12.2. The Morgan fingerprint density at radius 1 is 1.29 bits per heavy atom. The predicted molar refractivity (Wildman–Crippen MR) is 90.6 cm³/mol. The van der Waals surface area contributed by atoms with Crippen molar-refractivity contribution in [3.8, 4) is 5.75 Å². The number of aryl methyl sites for hydroxylation is 3. The minimum Gasteiger partial charge on any atom is -0.491 e. The largest absolute Gasteiger partial charge is 0.491 e. The first-order valence-corrected chi connectivity index (χ1v) is 8.26. The van der Waals surface area contributed by atoms with Gasteiger partial charge in [-0.1, -0.05) is 13.0 Å². The summed E-state index contributed by atoms with van der Waals surface area (Å²) < 4.78 is 5.86. The molecule has 1 aromatic heterocycles. The Bertz CT molecular complexity index is 607. The molecule has 4 heteroatoms. The Kier molecular flexibility index (Phi) is 5.23. The third-order valence-electron chi connectivity index (χ3n) is 3.32. The summed E-state index contributed by atoms with van der Waals surface area (Å²) >= 11 is 1.75. The third-order valence-corrected chi connectivity index (χ3v) is 4.22. The van der Waals surface area contributed by atoms with E-state index in [1.165, 1.54) is 10.4 Å². The van der Waals surface area contributed by atoms with Crippen molar-refractivity contribution in [1.29, 1.82) is 0 Å². The van der Waals surface area contributed by atoms with Gasteiger partial charge in [0, 0.05) is 4.88 Å². The lowest BCUT2D eigenvalue weighted by Gasteiger charge is -2.18. The van der Waals surface area contributed by atoms with Crippen molar-refractivity contribution >= 4 is 17.0 Å². The van der Waals surface area contributed by atoms with Crippen LogP contribution in [0.3, 0.4) is 0 Å². The molecule has 1 N–H and O–H groups in total. The second kappa shape index (κ2) is 6.94. The summed E-state index contributed by atoms with van der Waals surface area (Å²) in [7, 11) is 0. The van der Waals surface area contributed by atoms with Crippen LogP contribution in [0.4, 0.5) is 5.69 Å². The molecule has 0 fully saturated rings. The Hall–Kier alpha value is -1.55. The molecule has 1 aromatic carbocycles. The molecule has 2 rings (SSSR count). The number of anilines is 1. The van der Waals surface area contributed by atoms with Crippen molar-refractivity contribution in [3.63, 3.8) is 0 Å². The second-order valence-electron chi connectivity index (χ2n) is 5.39. The molecule has 0 radical (unpaired) electrons. The SMILES string of the molecule is CCCOc1cc(C)ccc1NC(C)c1nc(C)sc1C. The van der Waals surface area contributed by atoms with E-state index in [9.17, 15) is 0 Å². The molecule has 0 aliphatic heterocycles. The highest BCUT2D eigenvalue weighted by Gasteiger charge is 2.15. The van der Waals surface area contributed by atoms with Crippen molar-refractivity contribution in [3.05, 3.63) is 39.3 Å².